The number of nitrogens with one attached hydrogen (secondary N) is 1. The van der Waals surface area contributed by atoms with Crippen molar-refractivity contribution in [1.29, 1.82) is 0 Å². The second-order valence-electron chi connectivity index (χ2n) is 4.73. The lowest BCUT2D eigenvalue weighted by Gasteiger charge is -2.16. The number of hydrogen-bond acceptors (Lipinski definition) is 5. The predicted molar refractivity (Wildman–Crippen MR) is 71.9 cm³/mol. The van der Waals surface area contributed by atoms with E-state index >= 15 is 0 Å². The third-order valence-electron chi connectivity index (χ3n) is 3.20. The van der Waals surface area contributed by atoms with E-state index < -0.39 is 41.7 Å². The Labute approximate surface area is 122 Å². The lowest BCUT2D eigenvalue weighted by Crippen LogP contribution is -2.39. The molecule has 2 atom stereocenters. The van der Waals surface area contributed by atoms with Crippen LogP contribution in [0.3, 0.4) is 0 Å². The summed E-state index contributed by atoms with van der Waals surface area (Å²) >= 11 is 0. The van der Waals surface area contributed by atoms with Crippen LogP contribution < -0.4 is 9.86 Å². The van der Waals surface area contributed by atoms with Crippen LogP contribution in [0.2, 0.25) is 0 Å². The van der Waals surface area contributed by atoms with Crippen LogP contribution in [0.15, 0.2) is 28.0 Å². The summed E-state index contributed by atoms with van der Waals surface area (Å²) in [5, 5.41) is 4.86. The molecule has 2 rings (SSSR count). The van der Waals surface area contributed by atoms with Crippen LogP contribution in [0, 0.1) is 5.82 Å². The Balaban J connectivity index is 2.32. The third-order valence-corrected chi connectivity index (χ3v) is 5.64. The number of hydrogen-bond donors (Lipinski definition) is 2. The molecule has 1 heterocycles. The third kappa shape index (κ3) is 3.58. The van der Waals surface area contributed by atoms with Crippen molar-refractivity contribution in [3.8, 4) is 0 Å². The number of nitrogens with two attached hydrogens (primary N) is 1. The summed E-state index contributed by atoms with van der Waals surface area (Å²) in [6, 6.07) is 1.95. The van der Waals surface area contributed by atoms with Gasteiger partial charge >= 0.3 is 0 Å². The average Bonchev–Trinajstić information content (AvgIpc) is 2.72. The molecule has 0 saturated carbocycles. The van der Waals surface area contributed by atoms with Gasteiger partial charge in [0.2, 0.25) is 20.0 Å². The van der Waals surface area contributed by atoms with E-state index in [9.17, 15) is 21.2 Å². The number of benzene rings is 1. The van der Waals surface area contributed by atoms with Crippen LogP contribution in [-0.2, 0) is 24.8 Å². The summed E-state index contributed by atoms with van der Waals surface area (Å²) in [6.07, 6.45) is 0.170. The highest BCUT2D eigenvalue weighted by atomic mass is 32.2. The Morgan fingerprint density at radius 2 is 2.00 bits per heavy atom. The SMILES string of the molecule is CC1OCCC1NS(=O)(=O)c1ccc(S(N)(=O)=O)cc1F. The lowest BCUT2D eigenvalue weighted by atomic mass is 10.2. The van der Waals surface area contributed by atoms with Crippen LogP contribution in [0.1, 0.15) is 13.3 Å². The molecule has 0 amide bonds. The molecule has 1 aromatic rings. The molecule has 0 aromatic heterocycles. The van der Waals surface area contributed by atoms with Gasteiger partial charge in [-0.05, 0) is 31.5 Å². The maximum absolute atomic E-state index is 13.9. The minimum atomic E-state index is -4.11. The van der Waals surface area contributed by atoms with Crippen molar-refractivity contribution in [3.05, 3.63) is 24.0 Å². The molecule has 7 nitrogen and oxygen atoms in total. The summed E-state index contributed by atoms with van der Waals surface area (Å²) in [6.45, 7) is 2.13. The molecule has 1 saturated heterocycles. The van der Waals surface area contributed by atoms with Gasteiger partial charge in [0.25, 0.3) is 0 Å². The molecule has 0 spiro atoms. The van der Waals surface area contributed by atoms with Crippen LogP contribution >= 0.6 is 0 Å². The fourth-order valence-electron chi connectivity index (χ4n) is 2.03. The molecule has 118 valence electrons. The molecule has 0 aliphatic carbocycles. The Morgan fingerprint density at radius 1 is 1.33 bits per heavy atom. The summed E-state index contributed by atoms with van der Waals surface area (Å²) in [5.41, 5.74) is 0. The smallest absolute Gasteiger partial charge is 0.243 e. The largest absolute Gasteiger partial charge is 0.377 e. The van der Waals surface area contributed by atoms with Crippen molar-refractivity contribution in [2.24, 2.45) is 5.14 Å². The van der Waals surface area contributed by atoms with Crippen LogP contribution in [0.4, 0.5) is 4.39 Å². The highest BCUT2D eigenvalue weighted by molar-refractivity contribution is 7.89. The number of ether oxygens (including phenoxy) is 1. The maximum Gasteiger partial charge on any atom is 0.243 e. The van der Waals surface area contributed by atoms with Crippen LogP contribution in [0.25, 0.3) is 0 Å². The van der Waals surface area contributed by atoms with E-state index in [4.69, 9.17) is 9.88 Å². The van der Waals surface area contributed by atoms with E-state index in [2.05, 4.69) is 4.72 Å². The quantitative estimate of drug-likeness (QED) is 0.797. The van der Waals surface area contributed by atoms with Gasteiger partial charge in [0, 0.05) is 6.61 Å². The Bertz CT molecular complexity index is 748. The molecule has 21 heavy (non-hydrogen) atoms. The van der Waals surface area contributed by atoms with E-state index in [1.54, 1.807) is 6.92 Å². The second kappa shape index (κ2) is 5.61. The van der Waals surface area contributed by atoms with Gasteiger partial charge in [0.15, 0.2) is 0 Å². The Morgan fingerprint density at radius 3 is 2.48 bits per heavy atom. The van der Waals surface area contributed by atoms with Gasteiger partial charge < -0.3 is 4.74 Å². The lowest BCUT2D eigenvalue weighted by molar-refractivity contribution is 0.117. The highest BCUT2D eigenvalue weighted by Gasteiger charge is 2.30. The van der Waals surface area contributed by atoms with Crippen molar-refractivity contribution in [2.75, 3.05) is 6.61 Å². The van der Waals surface area contributed by atoms with Crippen molar-refractivity contribution in [3.63, 3.8) is 0 Å². The van der Waals surface area contributed by atoms with Gasteiger partial charge in [0.1, 0.15) is 10.7 Å². The zero-order valence-electron chi connectivity index (χ0n) is 11.1. The van der Waals surface area contributed by atoms with Crippen LogP contribution in [-0.4, -0.2) is 35.6 Å². The molecule has 10 heteroatoms. The topological polar surface area (TPSA) is 116 Å². The minimum Gasteiger partial charge on any atom is -0.377 e. The summed E-state index contributed by atoms with van der Waals surface area (Å²) < 4.78 is 67.9. The molecular formula is C11H15FN2O5S2. The standard InChI is InChI=1S/C11H15FN2O5S2/c1-7-10(4-5-19-7)14-21(17,18)11-3-2-8(6-9(11)12)20(13,15)16/h2-3,6-7,10,14H,4-5H2,1H3,(H2,13,15,16). The van der Waals surface area contributed by atoms with Gasteiger partial charge in [-0.1, -0.05) is 0 Å². The fourth-order valence-corrected chi connectivity index (χ4v) is 3.95. The van der Waals surface area contributed by atoms with E-state index in [-0.39, 0.29) is 6.10 Å². The fraction of sp³-hybridized carbons (Fsp3) is 0.455. The molecule has 1 fully saturated rings. The highest BCUT2D eigenvalue weighted by Crippen LogP contribution is 2.21. The van der Waals surface area contributed by atoms with Crippen molar-refractivity contribution in [2.45, 2.75) is 35.3 Å². The van der Waals surface area contributed by atoms with Gasteiger partial charge in [-0.15, -0.1) is 0 Å². The molecule has 1 aliphatic rings. The average molecular weight is 338 g/mol. The second-order valence-corrected chi connectivity index (χ2v) is 7.97. The van der Waals surface area contributed by atoms with Crippen molar-refractivity contribution < 1.29 is 26.0 Å². The zero-order chi connectivity index (χ0) is 15.8. The molecule has 0 bridgehead atoms. The number of sulfonamides is 2. The molecule has 1 aromatic carbocycles. The number of halogens is 1. The molecule has 1 aliphatic heterocycles. The van der Waals surface area contributed by atoms with E-state index in [0.717, 1.165) is 12.1 Å². The zero-order valence-corrected chi connectivity index (χ0v) is 12.7. The van der Waals surface area contributed by atoms with Gasteiger partial charge in [-0.3, -0.25) is 0 Å². The van der Waals surface area contributed by atoms with Crippen molar-refractivity contribution in [1.82, 2.24) is 4.72 Å². The predicted octanol–water partition coefficient (Wildman–Crippen LogP) is -0.0712. The first-order valence-corrected chi connectivity index (χ1v) is 9.10. The first-order valence-electron chi connectivity index (χ1n) is 6.07. The molecule has 3 N–H and O–H groups in total. The minimum absolute atomic E-state index is 0.313. The van der Waals surface area contributed by atoms with E-state index in [1.807, 2.05) is 0 Å². The monoisotopic (exact) mass is 338 g/mol. The summed E-state index contributed by atoms with van der Waals surface area (Å²) in [7, 11) is -8.20. The van der Waals surface area contributed by atoms with E-state index in [0.29, 0.717) is 19.1 Å². The summed E-state index contributed by atoms with van der Waals surface area (Å²) in [4.78, 5) is -1.12. The van der Waals surface area contributed by atoms with Gasteiger partial charge in [-0.2, -0.15) is 0 Å². The Kier molecular flexibility index (Phi) is 4.36. The maximum atomic E-state index is 13.9. The molecule has 2 unspecified atom stereocenters. The molecular weight excluding hydrogens is 323 g/mol. The van der Waals surface area contributed by atoms with Gasteiger partial charge in [-0.25, -0.2) is 31.1 Å². The van der Waals surface area contributed by atoms with Gasteiger partial charge in [0.05, 0.1) is 17.0 Å². The first kappa shape index (κ1) is 16.3. The first-order chi connectivity index (χ1) is 9.61. The van der Waals surface area contributed by atoms with E-state index in [1.165, 1.54) is 0 Å². The number of primary sulfonamides is 1. The molecule has 0 radical (unpaired) electrons. The number of rotatable bonds is 4. The normalized spacial score (nSPS) is 23.4. The van der Waals surface area contributed by atoms with Crippen LogP contribution in [0.5, 0.6) is 0 Å². The summed E-state index contributed by atoms with van der Waals surface area (Å²) in [5.74, 6) is -1.18. The Hall–Kier alpha value is -1.07. The van der Waals surface area contributed by atoms with Crippen molar-refractivity contribution >= 4 is 20.0 Å².